The van der Waals surface area contributed by atoms with Crippen molar-refractivity contribution in [2.24, 2.45) is 5.92 Å². The minimum absolute atomic E-state index is 0.152. The van der Waals surface area contributed by atoms with Crippen LogP contribution in [0.5, 0.6) is 0 Å². The van der Waals surface area contributed by atoms with Crippen LogP contribution in [0.25, 0.3) is 0 Å². The third kappa shape index (κ3) is 7.53. The Labute approximate surface area is 79.1 Å². The molecule has 0 aromatic carbocycles. The highest BCUT2D eigenvalue weighted by Crippen LogP contribution is 2.13. The molecule has 0 heterocycles. The number of carbonyl (C=O) groups is 1. The van der Waals surface area contributed by atoms with Gasteiger partial charge in [0.25, 0.3) is 0 Å². The van der Waals surface area contributed by atoms with Gasteiger partial charge in [0, 0.05) is 0 Å². The lowest BCUT2D eigenvalue weighted by molar-refractivity contribution is -0.139. The third-order valence-corrected chi connectivity index (χ3v) is 1.97. The Morgan fingerprint density at radius 3 is 2.62 bits per heavy atom. The maximum absolute atomic E-state index is 10.2. The first kappa shape index (κ1) is 12.2. The maximum Gasteiger partial charge on any atom is 0.305 e. The molecule has 0 radical (unpaired) electrons. The molecule has 2 atom stereocenters. The van der Waals surface area contributed by atoms with E-state index < -0.39 is 12.1 Å². The first-order valence-electron chi connectivity index (χ1n) is 4.57. The van der Waals surface area contributed by atoms with Gasteiger partial charge in [-0.2, -0.15) is 0 Å². The van der Waals surface area contributed by atoms with E-state index in [1.165, 1.54) is 0 Å². The van der Waals surface area contributed by atoms with Gasteiger partial charge >= 0.3 is 5.97 Å². The van der Waals surface area contributed by atoms with Gasteiger partial charge in [0.15, 0.2) is 0 Å². The lowest BCUT2D eigenvalue weighted by Crippen LogP contribution is -2.13. The Morgan fingerprint density at radius 1 is 1.54 bits per heavy atom. The first-order chi connectivity index (χ1) is 6.06. The molecule has 0 amide bonds. The number of carboxylic acid groups (broad SMARTS) is 1. The normalized spacial score (nSPS) is 14.9. The number of hydrogen-bond donors (Lipinski definition) is 2. The zero-order valence-corrected chi connectivity index (χ0v) is 8.07. The van der Waals surface area contributed by atoms with Crippen molar-refractivity contribution < 1.29 is 15.0 Å². The number of rotatable bonds is 7. The van der Waals surface area contributed by atoms with Crippen molar-refractivity contribution in [1.29, 1.82) is 0 Å². The number of carboxylic acids is 1. The van der Waals surface area contributed by atoms with Crippen molar-refractivity contribution in [3.8, 4) is 0 Å². The monoisotopic (exact) mass is 186 g/mol. The molecular formula is C10H18O3. The fourth-order valence-electron chi connectivity index (χ4n) is 1.18. The van der Waals surface area contributed by atoms with Crippen LogP contribution in [0.2, 0.25) is 0 Å². The van der Waals surface area contributed by atoms with E-state index in [9.17, 15) is 9.90 Å². The molecule has 0 aliphatic rings. The van der Waals surface area contributed by atoms with Gasteiger partial charge in [-0.05, 0) is 25.2 Å². The molecule has 3 nitrogen and oxygen atoms in total. The van der Waals surface area contributed by atoms with E-state index in [4.69, 9.17) is 5.11 Å². The lowest BCUT2D eigenvalue weighted by atomic mass is 9.99. The second-order valence-corrected chi connectivity index (χ2v) is 3.46. The van der Waals surface area contributed by atoms with Crippen molar-refractivity contribution in [2.75, 3.05) is 0 Å². The predicted molar refractivity (Wildman–Crippen MR) is 51.5 cm³/mol. The Bertz CT molecular complexity index is 166. The summed E-state index contributed by atoms with van der Waals surface area (Å²) in [6.45, 7) is 5.68. The summed E-state index contributed by atoms with van der Waals surface area (Å²) in [5, 5.41) is 17.6. The molecule has 0 aromatic rings. The topological polar surface area (TPSA) is 57.5 Å². The van der Waals surface area contributed by atoms with Gasteiger partial charge in [-0.15, -0.1) is 6.58 Å². The van der Waals surface area contributed by atoms with Crippen LogP contribution in [-0.4, -0.2) is 22.3 Å². The fraction of sp³-hybridized carbons (Fsp3) is 0.700. The minimum atomic E-state index is -0.941. The molecule has 0 aliphatic carbocycles. The summed E-state index contributed by atoms with van der Waals surface area (Å²) in [7, 11) is 0. The summed E-state index contributed by atoms with van der Waals surface area (Å²) >= 11 is 0. The van der Waals surface area contributed by atoms with E-state index in [-0.39, 0.29) is 6.42 Å². The summed E-state index contributed by atoms with van der Waals surface area (Å²) in [5.41, 5.74) is 0. The highest BCUT2D eigenvalue weighted by atomic mass is 16.4. The number of aliphatic hydroxyl groups excluding tert-OH is 1. The molecule has 0 rings (SSSR count). The van der Waals surface area contributed by atoms with Gasteiger partial charge in [-0.1, -0.05) is 13.0 Å². The Kier molecular flexibility index (Phi) is 6.24. The van der Waals surface area contributed by atoms with E-state index >= 15 is 0 Å². The third-order valence-electron chi connectivity index (χ3n) is 1.97. The van der Waals surface area contributed by atoms with E-state index in [1.807, 2.05) is 6.08 Å². The molecule has 2 N–H and O–H groups in total. The van der Waals surface area contributed by atoms with Gasteiger partial charge in [-0.3, -0.25) is 4.79 Å². The molecule has 3 heteroatoms. The summed E-state index contributed by atoms with van der Waals surface area (Å²) in [5.74, 6) is -0.468. The van der Waals surface area contributed by atoms with Crippen LogP contribution in [0.3, 0.4) is 0 Å². The molecule has 0 aliphatic heterocycles. The van der Waals surface area contributed by atoms with Crippen LogP contribution >= 0.6 is 0 Å². The van der Waals surface area contributed by atoms with Crippen LogP contribution in [0.4, 0.5) is 0 Å². The quantitative estimate of drug-likeness (QED) is 0.596. The van der Waals surface area contributed by atoms with Gasteiger partial charge in [0.05, 0.1) is 12.5 Å². The van der Waals surface area contributed by atoms with E-state index in [2.05, 4.69) is 13.5 Å². The Hall–Kier alpha value is -0.830. The van der Waals surface area contributed by atoms with Crippen molar-refractivity contribution in [3.05, 3.63) is 12.7 Å². The van der Waals surface area contributed by atoms with E-state index in [0.717, 1.165) is 12.8 Å². The molecule has 0 saturated heterocycles. The van der Waals surface area contributed by atoms with Crippen LogP contribution in [0, 0.1) is 5.92 Å². The summed E-state index contributed by atoms with van der Waals surface area (Å²) in [6, 6.07) is 0. The highest BCUT2D eigenvalue weighted by Gasteiger charge is 2.10. The molecule has 0 spiro atoms. The Balaban J connectivity index is 3.50. The number of aliphatic carboxylic acids is 1. The average molecular weight is 186 g/mol. The lowest BCUT2D eigenvalue weighted by Gasteiger charge is -2.11. The van der Waals surface area contributed by atoms with E-state index in [0.29, 0.717) is 12.3 Å². The standard InChI is InChI=1S/C10H18O3/c1-3-4-8(2)5-6-9(11)7-10(12)13/h3,8-9,11H,1,4-7H2,2H3,(H,12,13)/t8-,9-/m1/s1. The number of hydrogen-bond acceptors (Lipinski definition) is 2. The summed E-state index contributed by atoms with van der Waals surface area (Å²) in [4.78, 5) is 10.2. The molecule has 0 aromatic heterocycles. The second-order valence-electron chi connectivity index (χ2n) is 3.46. The Morgan fingerprint density at radius 2 is 2.15 bits per heavy atom. The molecule has 0 unspecified atom stereocenters. The van der Waals surface area contributed by atoms with Gasteiger partial charge < -0.3 is 10.2 Å². The van der Waals surface area contributed by atoms with Crippen LogP contribution < -0.4 is 0 Å². The van der Waals surface area contributed by atoms with Crippen molar-refractivity contribution >= 4 is 5.97 Å². The number of allylic oxidation sites excluding steroid dienone is 1. The average Bonchev–Trinajstić information content (AvgIpc) is 2.00. The number of aliphatic hydroxyl groups is 1. The van der Waals surface area contributed by atoms with Crippen LogP contribution in [-0.2, 0) is 4.79 Å². The predicted octanol–water partition coefficient (Wildman–Crippen LogP) is 1.81. The maximum atomic E-state index is 10.2. The SMILES string of the molecule is C=CC[C@@H](C)CC[C@@H](O)CC(=O)O. The van der Waals surface area contributed by atoms with Crippen molar-refractivity contribution in [2.45, 2.75) is 38.7 Å². The van der Waals surface area contributed by atoms with Crippen LogP contribution in [0.15, 0.2) is 12.7 Å². The van der Waals surface area contributed by atoms with Gasteiger partial charge in [0.2, 0.25) is 0 Å². The molecule has 0 bridgehead atoms. The molecule has 76 valence electrons. The van der Waals surface area contributed by atoms with E-state index in [1.54, 1.807) is 0 Å². The minimum Gasteiger partial charge on any atom is -0.481 e. The molecule has 13 heavy (non-hydrogen) atoms. The van der Waals surface area contributed by atoms with Gasteiger partial charge in [0.1, 0.15) is 0 Å². The van der Waals surface area contributed by atoms with Crippen molar-refractivity contribution in [1.82, 2.24) is 0 Å². The summed E-state index contributed by atoms with van der Waals surface area (Å²) < 4.78 is 0. The van der Waals surface area contributed by atoms with Crippen LogP contribution in [0.1, 0.15) is 32.6 Å². The van der Waals surface area contributed by atoms with Crippen molar-refractivity contribution in [3.63, 3.8) is 0 Å². The summed E-state index contributed by atoms with van der Waals surface area (Å²) in [6.07, 6.45) is 3.31. The zero-order valence-electron chi connectivity index (χ0n) is 8.07. The second kappa shape index (κ2) is 6.66. The highest BCUT2D eigenvalue weighted by molar-refractivity contribution is 5.67. The van der Waals surface area contributed by atoms with Gasteiger partial charge in [-0.25, -0.2) is 0 Å². The molecule has 0 saturated carbocycles. The first-order valence-corrected chi connectivity index (χ1v) is 4.57. The fourth-order valence-corrected chi connectivity index (χ4v) is 1.18. The smallest absolute Gasteiger partial charge is 0.305 e. The largest absolute Gasteiger partial charge is 0.481 e. The molecule has 0 fully saturated rings. The zero-order chi connectivity index (χ0) is 10.3. The molecular weight excluding hydrogens is 168 g/mol.